The van der Waals surface area contributed by atoms with E-state index < -0.39 is 23.4 Å². The summed E-state index contributed by atoms with van der Waals surface area (Å²) in [6.45, 7) is 3.43. The molecule has 2 rings (SSSR count). The zero-order chi connectivity index (χ0) is 21.6. The van der Waals surface area contributed by atoms with Crippen LogP contribution in [0.4, 0.5) is 11.4 Å². The van der Waals surface area contributed by atoms with Crippen molar-refractivity contribution in [3.8, 4) is 0 Å². The quantitative estimate of drug-likeness (QED) is 0.415. The number of rotatable bonds is 8. The van der Waals surface area contributed by atoms with Crippen molar-refractivity contribution < 1.29 is 19.2 Å². The van der Waals surface area contributed by atoms with Gasteiger partial charge in [-0.25, -0.2) is 4.79 Å². The SMILES string of the molecule is CCc1ccc([C@@H](C)NC(=O)COC(=O)c2cc([N+](=O)[O-])ccc2N(C)C)cc1. The van der Waals surface area contributed by atoms with Gasteiger partial charge in [0.1, 0.15) is 0 Å². The Bertz CT molecular complexity index is 894. The molecule has 0 aliphatic rings. The predicted molar refractivity (Wildman–Crippen MR) is 110 cm³/mol. The molecule has 0 unspecified atom stereocenters. The molecule has 0 aliphatic carbocycles. The molecule has 0 saturated carbocycles. The average molecular weight is 399 g/mol. The Hall–Kier alpha value is -3.42. The Labute approximate surface area is 169 Å². The number of esters is 1. The molecule has 0 radical (unpaired) electrons. The highest BCUT2D eigenvalue weighted by molar-refractivity contribution is 5.97. The molecule has 2 aromatic rings. The second-order valence-corrected chi connectivity index (χ2v) is 6.81. The van der Waals surface area contributed by atoms with Crippen LogP contribution in [0.15, 0.2) is 42.5 Å². The van der Waals surface area contributed by atoms with E-state index in [-0.39, 0.29) is 17.3 Å². The third-order valence-corrected chi connectivity index (χ3v) is 4.49. The summed E-state index contributed by atoms with van der Waals surface area (Å²) in [4.78, 5) is 36.6. The molecule has 8 heteroatoms. The van der Waals surface area contributed by atoms with Gasteiger partial charge < -0.3 is 15.0 Å². The summed E-state index contributed by atoms with van der Waals surface area (Å²) in [5.41, 5.74) is 2.41. The lowest BCUT2D eigenvalue weighted by Crippen LogP contribution is -2.31. The van der Waals surface area contributed by atoms with Gasteiger partial charge in [0.05, 0.1) is 22.2 Å². The normalized spacial score (nSPS) is 11.4. The molecule has 0 spiro atoms. The summed E-state index contributed by atoms with van der Waals surface area (Å²) in [5, 5.41) is 13.8. The number of nitro benzene ring substituents is 1. The smallest absolute Gasteiger partial charge is 0.341 e. The van der Waals surface area contributed by atoms with Gasteiger partial charge in [0.25, 0.3) is 11.6 Å². The van der Waals surface area contributed by atoms with Crippen molar-refractivity contribution in [2.45, 2.75) is 26.3 Å². The first-order valence-corrected chi connectivity index (χ1v) is 9.24. The number of carbonyl (C=O) groups is 2. The maximum atomic E-state index is 12.4. The van der Waals surface area contributed by atoms with E-state index in [9.17, 15) is 19.7 Å². The first-order valence-electron chi connectivity index (χ1n) is 9.24. The van der Waals surface area contributed by atoms with Crippen molar-refractivity contribution in [2.24, 2.45) is 0 Å². The van der Waals surface area contributed by atoms with Gasteiger partial charge >= 0.3 is 5.97 Å². The molecule has 1 atom stereocenters. The van der Waals surface area contributed by atoms with Gasteiger partial charge in [-0.15, -0.1) is 0 Å². The monoisotopic (exact) mass is 399 g/mol. The molecule has 1 N–H and O–H groups in total. The van der Waals surface area contributed by atoms with E-state index in [2.05, 4.69) is 12.2 Å². The van der Waals surface area contributed by atoms with Crippen LogP contribution >= 0.6 is 0 Å². The fraction of sp³-hybridized carbons (Fsp3) is 0.333. The third kappa shape index (κ3) is 5.78. The fourth-order valence-corrected chi connectivity index (χ4v) is 2.81. The maximum Gasteiger partial charge on any atom is 0.341 e. The standard InChI is InChI=1S/C21H25N3O5/c1-5-15-6-8-16(9-7-15)14(2)22-20(25)13-29-21(26)18-12-17(24(27)28)10-11-19(18)23(3)4/h6-12,14H,5,13H2,1-4H3,(H,22,25)/t14-/m1/s1. The molecule has 29 heavy (non-hydrogen) atoms. The molecule has 154 valence electrons. The first kappa shape index (κ1) is 21.9. The molecule has 0 fully saturated rings. The number of nitro groups is 1. The average Bonchev–Trinajstić information content (AvgIpc) is 2.71. The van der Waals surface area contributed by atoms with Crippen LogP contribution in [0, 0.1) is 10.1 Å². The van der Waals surface area contributed by atoms with E-state index in [1.54, 1.807) is 19.0 Å². The first-order chi connectivity index (χ1) is 13.7. The number of carbonyl (C=O) groups excluding carboxylic acids is 2. The number of nitrogens with zero attached hydrogens (tertiary/aromatic N) is 2. The van der Waals surface area contributed by atoms with Crippen LogP contribution in [0.1, 0.15) is 41.4 Å². The highest BCUT2D eigenvalue weighted by Gasteiger charge is 2.20. The molecule has 0 aliphatic heterocycles. The van der Waals surface area contributed by atoms with Crippen LogP contribution in [0.3, 0.4) is 0 Å². The Balaban J connectivity index is 2.01. The minimum absolute atomic E-state index is 0.0280. The molecule has 1 amide bonds. The highest BCUT2D eigenvalue weighted by atomic mass is 16.6. The molecular formula is C21H25N3O5. The molecular weight excluding hydrogens is 374 g/mol. The van der Waals surface area contributed by atoms with Crippen molar-refractivity contribution in [3.05, 3.63) is 69.3 Å². The minimum Gasteiger partial charge on any atom is -0.452 e. The number of anilines is 1. The van der Waals surface area contributed by atoms with E-state index in [0.29, 0.717) is 5.69 Å². The molecule has 0 aromatic heterocycles. The zero-order valence-electron chi connectivity index (χ0n) is 17.0. The van der Waals surface area contributed by atoms with Gasteiger partial charge in [0.15, 0.2) is 6.61 Å². The molecule has 0 saturated heterocycles. The molecule has 0 bridgehead atoms. The Morgan fingerprint density at radius 3 is 2.38 bits per heavy atom. The third-order valence-electron chi connectivity index (χ3n) is 4.49. The van der Waals surface area contributed by atoms with Gasteiger partial charge in [-0.1, -0.05) is 31.2 Å². The predicted octanol–water partition coefficient (Wildman–Crippen LogP) is 3.26. The van der Waals surface area contributed by atoms with Gasteiger partial charge in [0, 0.05) is 26.2 Å². The fourth-order valence-electron chi connectivity index (χ4n) is 2.81. The lowest BCUT2D eigenvalue weighted by atomic mass is 10.1. The Morgan fingerprint density at radius 1 is 1.17 bits per heavy atom. The van der Waals surface area contributed by atoms with Crippen molar-refractivity contribution in [1.29, 1.82) is 0 Å². The number of non-ortho nitro benzene ring substituents is 1. The van der Waals surface area contributed by atoms with Crippen LogP contribution < -0.4 is 10.2 Å². The lowest BCUT2D eigenvalue weighted by Gasteiger charge is -2.17. The van der Waals surface area contributed by atoms with E-state index in [4.69, 9.17) is 4.74 Å². The van der Waals surface area contributed by atoms with Gasteiger partial charge in [-0.3, -0.25) is 14.9 Å². The summed E-state index contributed by atoms with van der Waals surface area (Å²) in [7, 11) is 3.41. The number of benzene rings is 2. The second kappa shape index (κ2) is 9.68. The van der Waals surface area contributed by atoms with Gasteiger partial charge in [-0.05, 0) is 30.5 Å². The van der Waals surface area contributed by atoms with Gasteiger partial charge in [-0.2, -0.15) is 0 Å². The molecule has 8 nitrogen and oxygen atoms in total. The lowest BCUT2D eigenvalue weighted by molar-refractivity contribution is -0.384. The number of nitrogens with one attached hydrogen (secondary N) is 1. The Morgan fingerprint density at radius 2 is 1.83 bits per heavy atom. The van der Waals surface area contributed by atoms with E-state index in [1.807, 2.05) is 31.2 Å². The second-order valence-electron chi connectivity index (χ2n) is 6.81. The topological polar surface area (TPSA) is 102 Å². The van der Waals surface area contributed by atoms with Crippen molar-refractivity contribution >= 4 is 23.3 Å². The summed E-state index contributed by atoms with van der Waals surface area (Å²) >= 11 is 0. The van der Waals surface area contributed by atoms with Gasteiger partial charge in [0.2, 0.25) is 0 Å². The maximum absolute atomic E-state index is 12.4. The summed E-state index contributed by atoms with van der Waals surface area (Å²) in [6.07, 6.45) is 0.934. The minimum atomic E-state index is -0.799. The van der Waals surface area contributed by atoms with E-state index in [0.717, 1.165) is 18.1 Å². The summed E-state index contributed by atoms with van der Waals surface area (Å²) in [6, 6.07) is 11.6. The van der Waals surface area contributed by atoms with Crippen LogP contribution in [0.25, 0.3) is 0 Å². The Kier molecular flexibility index (Phi) is 7.30. The van der Waals surface area contributed by atoms with Crippen LogP contribution in [0.2, 0.25) is 0 Å². The number of amides is 1. The number of aryl methyl sites for hydroxylation is 1. The number of ether oxygens (including phenoxy) is 1. The molecule has 0 heterocycles. The van der Waals surface area contributed by atoms with Crippen LogP contribution in [0.5, 0.6) is 0 Å². The van der Waals surface area contributed by atoms with E-state index >= 15 is 0 Å². The number of hydrogen-bond acceptors (Lipinski definition) is 6. The van der Waals surface area contributed by atoms with Crippen molar-refractivity contribution in [2.75, 3.05) is 25.6 Å². The van der Waals surface area contributed by atoms with Crippen LogP contribution in [-0.2, 0) is 16.0 Å². The highest BCUT2D eigenvalue weighted by Crippen LogP contribution is 2.25. The summed E-state index contributed by atoms with van der Waals surface area (Å²) < 4.78 is 5.09. The van der Waals surface area contributed by atoms with Crippen molar-refractivity contribution in [1.82, 2.24) is 5.32 Å². The number of hydrogen-bond donors (Lipinski definition) is 1. The largest absolute Gasteiger partial charge is 0.452 e. The van der Waals surface area contributed by atoms with Crippen LogP contribution in [-0.4, -0.2) is 37.5 Å². The zero-order valence-corrected chi connectivity index (χ0v) is 17.0. The van der Waals surface area contributed by atoms with E-state index in [1.165, 1.54) is 17.7 Å². The summed E-state index contributed by atoms with van der Waals surface area (Å²) in [5.74, 6) is -1.25. The molecule has 2 aromatic carbocycles. The van der Waals surface area contributed by atoms with Crippen molar-refractivity contribution in [3.63, 3.8) is 0 Å².